The van der Waals surface area contributed by atoms with Crippen molar-refractivity contribution in [2.45, 2.75) is 6.92 Å². The number of likely N-dealkylation sites (N-methyl/N-ethyl adjacent to an activating group) is 2. The maximum absolute atomic E-state index is 12.8. The zero-order chi connectivity index (χ0) is 29.0. The Balaban J connectivity index is 1.80. The zero-order valence-corrected chi connectivity index (χ0v) is 23.5. The number of rotatable bonds is 11. The summed E-state index contributed by atoms with van der Waals surface area (Å²) < 4.78 is 12.8. The lowest BCUT2D eigenvalue weighted by atomic mass is 10.1. The van der Waals surface area contributed by atoms with Crippen molar-refractivity contribution < 1.29 is 19.2 Å². The molecule has 0 aliphatic rings. The number of aromatic nitrogens is 3. The lowest BCUT2D eigenvalue weighted by molar-refractivity contribution is -0.384. The maximum Gasteiger partial charge on any atom is 0.341 e. The summed E-state index contributed by atoms with van der Waals surface area (Å²) in [6.45, 7) is 3.22. The van der Waals surface area contributed by atoms with Crippen LogP contribution in [0.2, 0.25) is 0 Å². The van der Waals surface area contributed by atoms with E-state index in [-0.39, 0.29) is 23.8 Å². The van der Waals surface area contributed by atoms with Crippen LogP contribution < -0.4 is 15.0 Å². The molecule has 2 aromatic heterocycles. The standard InChI is InChI=1S/C28H33N7O5/c1-7-40-27(36)19-16-29-28(31-26(19)20-17-34(5)22-11-9-8-10-18(20)22)30-21-14-24(35(37)38)23(15-25(21)39-6)33(4)13-12-32(2)3/h8-11,14-17H,7,12-13H2,1-6H3,(H,29,30,31). The number of anilines is 3. The second-order valence-electron chi connectivity index (χ2n) is 9.50. The van der Waals surface area contributed by atoms with Gasteiger partial charge in [-0.15, -0.1) is 0 Å². The molecular weight excluding hydrogens is 514 g/mol. The van der Waals surface area contributed by atoms with E-state index in [2.05, 4.69) is 15.3 Å². The zero-order valence-electron chi connectivity index (χ0n) is 23.5. The highest BCUT2D eigenvalue weighted by Crippen LogP contribution is 2.39. The van der Waals surface area contributed by atoms with Gasteiger partial charge in [0.1, 0.15) is 17.0 Å². The number of methoxy groups -OCH3 is 1. The highest BCUT2D eigenvalue weighted by Gasteiger charge is 2.24. The van der Waals surface area contributed by atoms with Gasteiger partial charge in [-0.3, -0.25) is 10.1 Å². The van der Waals surface area contributed by atoms with E-state index in [1.165, 1.54) is 19.4 Å². The summed E-state index contributed by atoms with van der Waals surface area (Å²) in [4.78, 5) is 37.3. The van der Waals surface area contributed by atoms with Crippen LogP contribution in [0.5, 0.6) is 5.75 Å². The summed E-state index contributed by atoms with van der Waals surface area (Å²) in [5.74, 6) is -0.0327. The van der Waals surface area contributed by atoms with Gasteiger partial charge in [-0.2, -0.15) is 0 Å². The molecule has 0 saturated heterocycles. The third-order valence-electron chi connectivity index (χ3n) is 6.47. The van der Waals surface area contributed by atoms with Crippen molar-refractivity contribution in [3.63, 3.8) is 0 Å². The SMILES string of the molecule is CCOC(=O)c1cnc(Nc2cc([N+](=O)[O-])c(N(C)CCN(C)C)cc2OC)nc1-c1cn(C)c2ccccc12. The molecule has 0 radical (unpaired) electrons. The lowest BCUT2D eigenvalue weighted by Crippen LogP contribution is -2.29. The summed E-state index contributed by atoms with van der Waals surface area (Å²) in [5.41, 5.74) is 2.91. The minimum atomic E-state index is -0.546. The first kappa shape index (κ1) is 28.3. The summed E-state index contributed by atoms with van der Waals surface area (Å²) in [7, 11) is 9.08. The van der Waals surface area contributed by atoms with Crippen molar-refractivity contribution in [2.24, 2.45) is 7.05 Å². The van der Waals surface area contributed by atoms with Gasteiger partial charge in [0, 0.05) is 68.2 Å². The normalized spacial score (nSPS) is 11.1. The van der Waals surface area contributed by atoms with Crippen LogP contribution in [0.3, 0.4) is 0 Å². The van der Waals surface area contributed by atoms with Crippen molar-refractivity contribution in [1.82, 2.24) is 19.4 Å². The topological polar surface area (TPSA) is 128 Å². The number of carbonyl (C=O) groups is 1. The second kappa shape index (κ2) is 12.0. The first-order valence-corrected chi connectivity index (χ1v) is 12.7. The molecule has 4 aromatic rings. The van der Waals surface area contributed by atoms with Gasteiger partial charge in [-0.05, 0) is 27.1 Å². The Bertz CT molecular complexity index is 1550. The van der Waals surface area contributed by atoms with E-state index in [0.29, 0.717) is 35.9 Å². The van der Waals surface area contributed by atoms with Crippen molar-refractivity contribution >= 4 is 39.9 Å². The van der Waals surface area contributed by atoms with E-state index < -0.39 is 10.9 Å². The number of hydrogen-bond acceptors (Lipinski definition) is 10. The Morgan fingerprint density at radius 1 is 1.18 bits per heavy atom. The average Bonchev–Trinajstić information content (AvgIpc) is 3.27. The largest absolute Gasteiger partial charge is 0.494 e. The molecule has 40 heavy (non-hydrogen) atoms. The molecule has 0 aliphatic carbocycles. The number of para-hydroxylation sites is 1. The van der Waals surface area contributed by atoms with Gasteiger partial charge in [0.25, 0.3) is 5.69 Å². The molecule has 0 bridgehead atoms. The van der Waals surface area contributed by atoms with E-state index >= 15 is 0 Å². The molecule has 210 valence electrons. The van der Waals surface area contributed by atoms with Crippen LogP contribution >= 0.6 is 0 Å². The molecule has 2 aromatic carbocycles. The Labute approximate surface area is 232 Å². The number of esters is 1. The number of fused-ring (bicyclic) bond motifs is 1. The number of nitrogens with zero attached hydrogens (tertiary/aromatic N) is 6. The third kappa shape index (κ3) is 5.81. The van der Waals surface area contributed by atoms with Crippen LogP contribution in [0.4, 0.5) is 23.0 Å². The average molecular weight is 548 g/mol. The van der Waals surface area contributed by atoms with Gasteiger partial charge < -0.3 is 29.2 Å². The maximum atomic E-state index is 12.8. The quantitative estimate of drug-likeness (QED) is 0.163. The summed E-state index contributed by atoms with van der Waals surface area (Å²) in [6.07, 6.45) is 3.29. The van der Waals surface area contributed by atoms with Crippen molar-refractivity contribution in [3.8, 4) is 17.0 Å². The second-order valence-corrected chi connectivity index (χ2v) is 9.50. The molecule has 12 heteroatoms. The van der Waals surface area contributed by atoms with Crippen LogP contribution in [0.1, 0.15) is 17.3 Å². The van der Waals surface area contributed by atoms with Crippen LogP contribution in [-0.4, -0.2) is 78.3 Å². The van der Waals surface area contributed by atoms with Crippen LogP contribution in [0, 0.1) is 10.1 Å². The van der Waals surface area contributed by atoms with E-state index in [1.54, 1.807) is 20.0 Å². The molecule has 0 amide bonds. The smallest absolute Gasteiger partial charge is 0.341 e. The predicted molar refractivity (Wildman–Crippen MR) is 155 cm³/mol. The molecular formula is C28H33N7O5. The minimum Gasteiger partial charge on any atom is -0.494 e. The number of nitro benzene ring substituents is 1. The molecule has 12 nitrogen and oxygen atoms in total. The van der Waals surface area contributed by atoms with E-state index in [9.17, 15) is 14.9 Å². The first-order valence-electron chi connectivity index (χ1n) is 12.7. The number of hydrogen-bond donors (Lipinski definition) is 1. The Kier molecular flexibility index (Phi) is 8.49. The number of benzene rings is 2. The van der Waals surface area contributed by atoms with Gasteiger partial charge in [0.15, 0.2) is 0 Å². The fraction of sp³-hybridized carbons (Fsp3) is 0.321. The number of aryl methyl sites for hydroxylation is 1. The number of ether oxygens (including phenoxy) is 2. The number of carbonyl (C=O) groups excluding carboxylic acids is 1. The van der Waals surface area contributed by atoms with E-state index in [1.807, 2.05) is 66.0 Å². The van der Waals surface area contributed by atoms with Crippen LogP contribution in [-0.2, 0) is 11.8 Å². The molecule has 0 atom stereocenters. The van der Waals surface area contributed by atoms with Gasteiger partial charge >= 0.3 is 5.97 Å². The molecule has 0 aliphatic heterocycles. The van der Waals surface area contributed by atoms with Crippen molar-refractivity contribution in [3.05, 3.63) is 64.5 Å². The fourth-order valence-corrected chi connectivity index (χ4v) is 4.40. The van der Waals surface area contributed by atoms with Gasteiger partial charge in [-0.1, -0.05) is 18.2 Å². The van der Waals surface area contributed by atoms with Crippen molar-refractivity contribution in [2.75, 3.05) is 58.2 Å². The molecule has 0 saturated carbocycles. The van der Waals surface area contributed by atoms with Gasteiger partial charge in [0.2, 0.25) is 5.95 Å². The summed E-state index contributed by atoms with van der Waals surface area (Å²) in [5, 5.41) is 16.0. The van der Waals surface area contributed by atoms with Gasteiger partial charge in [0.05, 0.1) is 30.0 Å². The van der Waals surface area contributed by atoms with E-state index in [4.69, 9.17) is 9.47 Å². The minimum absolute atomic E-state index is 0.0954. The first-order chi connectivity index (χ1) is 19.1. The van der Waals surface area contributed by atoms with Crippen molar-refractivity contribution in [1.29, 1.82) is 0 Å². The molecule has 0 fully saturated rings. The molecule has 2 heterocycles. The highest BCUT2D eigenvalue weighted by molar-refractivity contribution is 6.03. The molecule has 0 unspecified atom stereocenters. The monoisotopic (exact) mass is 547 g/mol. The van der Waals surface area contributed by atoms with Crippen LogP contribution in [0.15, 0.2) is 48.8 Å². The lowest BCUT2D eigenvalue weighted by Gasteiger charge is -2.22. The third-order valence-corrected chi connectivity index (χ3v) is 6.47. The fourth-order valence-electron chi connectivity index (χ4n) is 4.40. The number of nitrogens with one attached hydrogen (secondary N) is 1. The summed E-state index contributed by atoms with van der Waals surface area (Å²) in [6, 6.07) is 10.8. The molecule has 0 spiro atoms. The Morgan fingerprint density at radius 3 is 2.60 bits per heavy atom. The highest BCUT2D eigenvalue weighted by atomic mass is 16.6. The van der Waals surface area contributed by atoms with E-state index in [0.717, 1.165) is 16.5 Å². The Hall–Kier alpha value is -4.71. The molecule has 1 N–H and O–H groups in total. The predicted octanol–water partition coefficient (Wildman–Crippen LogP) is 4.47. The summed E-state index contributed by atoms with van der Waals surface area (Å²) >= 11 is 0. The van der Waals surface area contributed by atoms with Gasteiger partial charge in [-0.25, -0.2) is 14.8 Å². The van der Waals surface area contributed by atoms with Crippen LogP contribution in [0.25, 0.3) is 22.2 Å². The Morgan fingerprint density at radius 2 is 1.93 bits per heavy atom. The molecule has 4 rings (SSSR count). The number of nitro groups is 1.